The molecule has 4 nitrogen and oxygen atoms in total. The first-order valence-corrected chi connectivity index (χ1v) is 6.56. The molecule has 2 fully saturated rings. The molecule has 0 spiro atoms. The Hall–Kier alpha value is -0.260. The summed E-state index contributed by atoms with van der Waals surface area (Å²) in [6.07, 6.45) is 1.32. The lowest BCUT2D eigenvalue weighted by atomic mass is 10.1. The molecule has 2 heterocycles. The number of carbonyl (C=O) groups is 1. The van der Waals surface area contributed by atoms with Crippen LogP contribution in [0.15, 0.2) is 0 Å². The molecule has 2 unspecified atom stereocenters. The van der Waals surface area contributed by atoms with Gasteiger partial charge in [0.1, 0.15) is 0 Å². The van der Waals surface area contributed by atoms with E-state index in [1.165, 1.54) is 0 Å². The van der Waals surface area contributed by atoms with Crippen LogP contribution in [0.5, 0.6) is 0 Å². The van der Waals surface area contributed by atoms with Gasteiger partial charge in [-0.2, -0.15) is 11.8 Å². The SMILES string of the molecule is O=C(O)CC1CSCCN1C1CCOC1. The van der Waals surface area contributed by atoms with Crippen LogP contribution < -0.4 is 0 Å². The van der Waals surface area contributed by atoms with E-state index in [9.17, 15) is 4.79 Å². The minimum Gasteiger partial charge on any atom is -0.481 e. The number of aliphatic carboxylic acids is 1. The number of hydrogen-bond donors (Lipinski definition) is 1. The molecule has 2 aliphatic rings. The smallest absolute Gasteiger partial charge is 0.304 e. The molecule has 0 aromatic carbocycles. The van der Waals surface area contributed by atoms with Gasteiger partial charge in [0.05, 0.1) is 13.0 Å². The Balaban J connectivity index is 1.95. The van der Waals surface area contributed by atoms with Gasteiger partial charge in [0.2, 0.25) is 0 Å². The van der Waals surface area contributed by atoms with E-state index < -0.39 is 5.97 Å². The van der Waals surface area contributed by atoms with E-state index in [0.29, 0.717) is 6.04 Å². The molecule has 0 saturated carbocycles. The first-order chi connectivity index (χ1) is 7.27. The van der Waals surface area contributed by atoms with Crippen LogP contribution in [0.25, 0.3) is 0 Å². The van der Waals surface area contributed by atoms with E-state index in [1.807, 2.05) is 11.8 Å². The van der Waals surface area contributed by atoms with Crippen molar-refractivity contribution >= 4 is 17.7 Å². The highest BCUT2D eigenvalue weighted by atomic mass is 32.2. The maximum atomic E-state index is 10.8. The first kappa shape index (κ1) is 11.2. The number of ether oxygens (including phenoxy) is 1. The van der Waals surface area contributed by atoms with Gasteiger partial charge in [0, 0.05) is 36.7 Å². The van der Waals surface area contributed by atoms with Crippen LogP contribution in [0.1, 0.15) is 12.8 Å². The van der Waals surface area contributed by atoms with Crippen LogP contribution >= 0.6 is 11.8 Å². The van der Waals surface area contributed by atoms with E-state index in [1.54, 1.807) is 0 Å². The lowest BCUT2D eigenvalue weighted by Gasteiger charge is -2.38. The Morgan fingerprint density at radius 1 is 1.60 bits per heavy atom. The Labute approximate surface area is 94.0 Å². The standard InChI is InChI=1S/C10H17NO3S/c12-10(13)5-9-7-15-4-2-11(9)8-1-3-14-6-8/h8-9H,1-7H2,(H,12,13). The summed E-state index contributed by atoms with van der Waals surface area (Å²) in [5, 5.41) is 8.86. The maximum absolute atomic E-state index is 10.8. The van der Waals surface area contributed by atoms with Crippen molar-refractivity contribution in [3.05, 3.63) is 0 Å². The highest BCUT2D eigenvalue weighted by molar-refractivity contribution is 7.99. The lowest BCUT2D eigenvalue weighted by Crippen LogP contribution is -2.49. The number of nitrogens with zero attached hydrogens (tertiary/aromatic N) is 1. The summed E-state index contributed by atoms with van der Waals surface area (Å²) >= 11 is 1.86. The summed E-state index contributed by atoms with van der Waals surface area (Å²) in [6.45, 7) is 2.62. The Bertz CT molecular complexity index is 231. The monoisotopic (exact) mass is 231 g/mol. The van der Waals surface area contributed by atoms with E-state index in [-0.39, 0.29) is 12.5 Å². The van der Waals surface area contributed by atoms with Gasteiger partial charge in [0.25, 0.3) is 0 Å². The molecule has 0 aromatic rings. The van der Waals surface area contributed by atoms with Crippen molar-refractivity contribution in [1.82, 2.24) is 4.90 Å². The molecular formula is C10H17NO3S. The molecule has 2 aliphatic heterocycles. The third kappa shape index (κ3) is 2.86. The van der Waals surface area contributed by atoms with Crippen molar-refractivity contribution in [3.63, 3.8) is 0 Å². The number of rotatable bonds is 3. The maximum Gasteiger partial charge on any atom is 0.304 e. The molecule has 1 N–H and O–H groups in total. The molecule has 15 heavy (non-hydrogen) atoms. The summed E-state index contributed by atoms with van der Waals surface area (Å²) in [6, 6.07) is 0.656. The average Bonchev–Trinajstić information content (AvgIpc) is 2.70. The number of hydrogen-bond acceptors (Lipinski definition) is 4. The summed E-state index contributed by atoms with van der Waals surface area (Å²) in [5.74, 6) is 1.38. The van der Waals surface area contributed by atoms with Crippen molar-refractivity contribution in [1.29, 1.82) is 0 Å². The van der Waals surface area contributed by atoms with Gasteiger partial charge >= 0.3 is 5.97 Å². The average molecular weight is 231 g/mol. The molecule has 0 amide bonds. The highest BCUT2D eigenvalue weighted by Crippen LogP contribution is 2.24. The number of carboxylic acids is 1. The van der Waals surface area contributed by atoms with Crippen LogP contribution in [0, 0.1) is 0 Å². The molecule has 0 aromatic heterocycles. The van der Waals surface area contributed by atoms with Crippen molar-refractivity contribution in [3.8, 4) is 0 Å². The van der Waals surface area contributed by atoms with Gasteiger partial charge < -0.3 is 9.84 Å². The lowest BCUT2D eigenvalue weighted by molar-refractivity contribution is -0.138. The van der Waals surface area contributed by atoms with Gasteiger partial charge in [-0.15, -0.1) is 0 Å². The van der Waals surface area contributed by atoms with E-state index in [0.717, 1.165) is 37.7 Å². The van der Waals surface area contributed by atoms with Gasteiger partial charge in [-0.3, -0.25) is 9.69 Å². The normalized spacial score (nSPS) is 33.1. The third-order valence-corrected chi connectivity index (χ3v) is 4.15. The minimum absolute atomic E-state index is 0.202. The second-order valence-electron chi connectivity index (χ2n) is 4.08. The molecule has 5 heteroatoms. The third-order valence-electron chi connectivity index (χ3n) is 3.06. The van der Waals surface area contributed by atoms with Crippen molar-refractivity contribution in [2.75, 3.05) is 31.3 Å². The second-order valence-corrected chi connectivity index (χ2v) is 5.23. The van der Waals surface area contributed by atoms with Crippen LogP contribution in [-0.2, 0) is 9.53 Å². The Morgan fingerprint density at radius 3 is 3.13 bits per heavy atom. The van der Waals surface area contributed by atoms with Crippen molar-refractivity contribution in [2.24, 2.45) is 0 Å². The molecule has 2 atom stereocenters. The van der Waals surface area contributed by atoms with Crippen LogP contribution in [-0.4, -0.2) is 59.3 Å². The topological polar surface area (TPSA) is 49.8 Å². The van der Waals surface area contributed by atoms with E-state index in [2.05, 4.69) is 4.90 Å². The summed E-state index contributed by atoms with van der Waals surface area (Å²) in [7, 11) is 0. The molecule has 0 aliphatic carbocycles. The van der Waals surface area contributed by atoms with Gasteiger partial charge in [-0.05, 0) is 6.42 Å². The number of carboxylic acid groups (broad SMARTS) is 1. The van der Waals surface area contributed by atoms with Gasteiger partial charge in [-0.1, -0.05) is 0 Å². The molecule has 2 rings (SSSR count). The Kier molecular flexibility index (Phi) is 3.88. The first-order valence-electron chi connectivity index (χ1n) is 5.40. The van der Waals surface area contributed by atoms with Crippen LogP contribution in [0.4, 0.5) is 0 Å². The zero-order valence-electron chi connectivity index (χ0n) is 8.72. The predicted molar refractivity (Wildman–Crippen MR) is 59.3 cm³/mol. The molecule has 2 saturated heterocycles. The molecule has 86 valence electrons. The fourth-order valence-corrected chi connectivity index (χ4v) is 3.40. The van der Waals surface area contributed by atoms with Crippen LogP contribution in [0.3, 0.4) is 0 Å². The van der Waals surface area contributed by atoms with E-state index in [4.69, 9.17) is 9.84 Å². The summed E-state index contributed by atoms with van der Waals surface area (Å²) in [4.78, 5) is 13.1. The fourth-order valence-electron chi connectivity index (χ4n) is 2.31. The van der Waals surface area contributed by atoms with Gasteiger partial charge in [0.15, 0.2) is 0 Å². The van der Waals surface area contributed by atoms with Crippen molar-refractivity contribution in [2.45, 2.75) is 24.9 Å². The molecular weight excluding hydrogens is 214 g/mol. The summed E-state index contributed by atoms with van der Waals surface area (Å²) < 4.78 is 5.37. The van der Waals surface area contributed by atoms with E-state index >= 15 is 0 Å². The van der Waals surface area contributed by atoms with Crippen molar-refractivity contribution < 1.29 is 14.6 Å². The molecule has 0 radical (unpaired) electrons. The quantitative estimate of drug-likeness (QED) is 0.773. The minimum atomic E-state index is -0.689. The largest absolute Gasteiger partial charge is 0.481 e. The Morgan fingerprint density at radius 2 is 2.47 bits per heavy atom. The fraction of sp³-hybridized carbons (Fsp3) is 0.900. The zero-order valence-corrected chi connectivity index (χ0v) is 9.54. The zero-order chi connectivity index (χ0) is 10.7. The summed E-state index contributed by atoms with van der Waals surface area (Å²) in [5.41, 5.74) is 0. The number of thioether (sulfide) groups is 1. The van der Waals surface area contributed by atoms with Crippen LogP contribution in [0.2, 0.25) is 0 Å². The predicted octanol–water partition coefficient (Wildman–Crippen LogP) is 0.667. The molecule has 0 bridgehead atoms. The second kappa shape index (κ2) is 5.18. The van der Waals surface area contributed by atoms with Gasteiger partial charge in [-0.25, -0.2) is 0 Å². The highest BCUT2D eigenvalue weighted by Gasteiger charge is 2.32.